The lowest BCUT2D eigenvalue weighted by atomic mass is 10.2. The molecule has 22 heavy (non-hydrogen) atoms. The summed E-state index contributed by atoms with van der Waals surface area (Å²) >= 11 is 5.98. The Kier molecular flexibility index (Phi) is 4.73. The van der Waals surface area contributed by atoms with Crippen molar-refractivity contribution in [1.82, 2.24) is 0 Å². The Morgan fingerprint density at radius 3 is 2.32 bits per heavy atom. The third-order valence-corrected chi connectivity index (χ3v) is 4.41. The van der Waals surface area contributed by atoms with Gasteiger partial charge in [-0.2, -0.15) is 8.42 Å². The fraction of sp³-hybridized carbons (Fsp3) is 0.133. The summed E-state index contributed by atoms with van der Waals surface area (Å²) in [6.07, 6.45) is 0.576. The van der Waals surface area contributed by atoms with Crippen molar-refractivity contribution in [2.24, 2.45) is 0 Å². The van der Waals surface area contributed by atoms with Gasteiger partial charge in [-0.05, 0) is 31.2 Å². The van der Waals surface area contributed by atoms with Crippen LogP contribution in [0.3, 0.4) is 0 Å². The van der Waals surface area contributed by atoms with Crippen LogP contribution in [-0.2, 0) is 10.1 Å². The van der Waals surface area contributed by atoms with Crippen molar-refractivity contribution in [2.75, 3.05) is 7.11 Å². The van der Waals surface area contributed by atoms with E-state index in [2.05, 4.69) is 0 Å². The van der Waals surface area contributed by atoms with Crippen LogP contribution in [0.2, 0.25) is 5.02 Å². The molecule has 2 rings (SSSR count). The van der Waals surface area contributed by atoms with E-state index in [0.29, 0.717) is 6.29 Å². The number of halogens is 1. The predicted octanol–water partition coefficient (Wildman–Crippen LogP) is 3.24. The first-order valence-electron chi connectivity index (χ1n) is 6.21. The maximum absolute atomic E-state index is 12.3. The van der Waals surface area contributed by atoms with E-state index >= 15 is 0 Å². The molecule has 2 aromatic carbocycles. The van der Waals surface area contributed by atoms with Crippen molar-refractivity contribution >= 4 is 28.0 Å². The number of hydrogen-bond acceptors (Lipinski definition) is 5. The van der Waals surface area contributed by atoms with Crippen LogP contribution in [0.4, 0.5) is 0 Å². The van der Waals surface area contributed by atoms with Crippen molar-refractivity contribution < 1.29 is 22.1 Å². The number of rotatable bonds is 5. The summed E-state index contributed by atoms with van der Waals surface area (Å²) in [5.74, 6) is -0.0966. The third-order valence-electron chi connectivity index (χ3n) is 2.89. The molecule has 0 fully saturated rings. The highest BCUT2D eigenvalue weighted by Crippen LogP contribution is 2.37. The van der Waals surface area contributed by atoms with Gasteiger partial charge in [0.2, 0.25) is 5.75 Å². The van der Waals surface area contributed by atoms with Gasteiger partial charge in [-0.3, -0.25) is 4.79 Å². The Morgan fingerprint density at radius 1 is 1.14 bits per heavy atom. The normalized spacial score (nSPS) is 11.0. The van der Waals surface area contributed by atoms with Gasteiger partial charge < -0.3 is 8.92 Å². The molecular formula is C15H13ClO5S. The number of benzene rings is 2. The quantitative estimate of drug-likeness (QED) is 0.617. The van der Waals surface area contributed by atoms with Gasteiger partial charge in [-0.25, -0.2) is 0 Å². The molecular weight excluding hydrogens is 328 g/mol. The first-order chi connectivity index (χ1) is 10.4. The van der Waals surface area contributed by atoms with Crippen LogP contribution in [0.15, 0.2) is 41.3 Å². The Labute approximate surface area is 133 Å². The van der Waals surface area contributed by atoms with Crippen LogP contribution in [0.5, 0.6) is 11.5 Å². The molecule has 0 saturated heterocycles. The van der Waals surface area contributed by atoms with Crippen molar-refractivity contribution in [2.45, 2.75) is 11.8 Å². The van der Waals surface area contributed by atoms with Crippen LogP contribution in [0.1, 0.15) is 15.9 Å². The molecule has 0 atom stereocenters. The Morgan fingerprint density at radius 2 is 1.77 bits per heavy atom. The largest absolute Gasteiger partial charge is 0.493 e. The number of carbonyl (C=O) groups is 1. The predicted molar refractivity (Wildman–Crippen MR) is 82.4 cm³/mol. The average molecular weight is 341 g/mol. The van der Waals surface area contributed by atoms with Crippen molar-refractivity contribution in [1.29, 1.82) is 0 Å². The van der Waals surface area contributed by atoms with Gasteiger partial charge in [0.25, 0.3) is 0 Å². The average Bonchev–Trinajstić information content (AvgIpc) is 2.49. The Balaban J connectivity index is 2.45. The fourth-order valence-electron chi connectivity index (χ4n) is 1.75. The minimum absolute atomic E-state index is 0.00400. The summed E-state index contributed by atoms with van der Waals surface area (Å²) < 4.78 is 34.7. The number of hydrogen-bond donors (Lipinski definition) is 0. The molecule has 5 nitrogen and oxygen atoms in total. The molecule has 7 heteroatoms. The van der Waals surface area contributed by atoms with Crippen LogP contribution in [0.25, 0.3) is 0 Å². The van der Waals surface area contributed by atoms with E-state index < -0.39 is 10.1 Å². The van der Waals surface area contributed by atoms with E-state index in [1.165, 1.54) is 31.4 Å². The maximum atomic E-state index is 12.3. The van der Waals surface area contributed by atoms with Gasteiger partial charge in [-0.15, -0.1) is 0 Å². The minimum atomic E-state index is -4.06. The molecule has 2 aromatic rings. The monoisotopic (exact) mass is 340 g/mol. The second-order valence-corrected chi connectivity index (χ2v) is 6.46. The second-order valence-electron chi connectivity index (χ2n) is 4.50. The van der Waals surface area contributed by atoms with Gasteiger partial charge in [0, 0.05) is 5.56 Å². The number of ether oxygens (including phenoxy) is 1. The minimum Gasteiger partial charge on any atom is -0.493 e. The molecule has 116 valence electrons. The van der Waals surface area contributed by atoms with Gasteiger partial charge in [0.15, 0.2) is 5.75 Å². The summed E-state index contributed by atoms with van der Waals surface area (Å²) in [7, 11) is -2.73. The van der Waals surface area contributed by atoms with E-state index in [9.17, 15) is 13.2 Å². The number of methoxy groups -OCH3 is 1. The molecule has 0 aliphatic heterocycles. The Hall–Kier alpha value is -2.05. The summed E-state index contributed by atoms with van der Waals surface area (Å²) in [5.41, 5.74) is 1.17. The number of carbonyl (C=O) groups excluding carboxylic acids is 1. The molecule has 0 heterocycles. The van der Waals surface area contributed by atoms with Crippen molar-refractivity contribution in [3.05, 3.63) is 52.5 Å². The third kappa shape index (κ3) is 3.40. The molecule has 0 spiro atoms. The van der Waals surface area contributed by atoms with E-state index in [0.717, 1.165) is 5.56 Å². The first-order valence-corrected chi connectivity index (χ1v) is 8.00. The highest BCUT2D eigenvalue weighted by molar-refractivity contribution is 7.87. The molecule has 0 aliphatic rings. The lowest BCUT2D eigenvalue weighted by molar-refractivity contribution is 0.112. The van der Waals surface area contributed by atoms with E-state index in [-0.39, 0.29) is 27.0 Å². The SMILES string of the molecule is COc1cc(C=O)cc(Cl)c1OS(=O)(=O)c1ccc(C)cc1. The van der Waals surface area contributed by atoms with E-state index in [1.54, 1.807) is 12.1 Å². The molecule has 0 N–H and O–H groups in total. The lowest BCUT2D eigenvalue weighted by Gasteiger charge is -2.13. The van der Waals surface area contributed by atoms with Crippen LogP contribution in [-0.4, -0.2) is 21.8 Å². The zero-order valence-corrected chi connectivity index (χ0v) is 13.4. The van der Waals surface area contributed by atoms with Gasteiger partial charge in [0.05, 0.1) is 12.1 Å². The van der Waals surface area contributed by atoms with Gasteiger partial charge >= 0.3 is 10.1 Å². The van der Waals surface area contributed by atoms with Crippen LogP contribution >= 0.6 is 11.6 Å². The number of aldehydes is 1. The highest BCUT2D eigenvalue weighted by atomic mass is 35.5. The van der Waals surface area contributed by atoms with E-state index in [1.807, 2.05) is 6.92 Å². The molecule has 0 unspecified atom stereocenters. The zero-order valence-electron chi connectivity index (χ0n) is 11.9. The van der Waals surface area contributed by atoms with E-state index in [4.69, 9.17) is 20.5 Å². The fourth-order valence-corrected chi connectivity index (χ4v) is 3.01. The summed E-state index contributed by atoms with van der Waals surface area (Å²) in [6.45, 7) is 1.84. The summed E-state index contributed by atoms with van der Waals surface area (Å²) in [6, 6.07) is 8.83. The molecule has 0 amide bonds. The van der Waals surface area contributed by atoms with Gasteiger partial charge in [0.1, 0.15) is 11.2 Å². The molecule has 0 saturated carbocycles. The van der Waals surface area contributed by atoms with Crippen molar-refractivity contribution in [3.63, 3.8) is 0 Å². The standard InChI is InChI=1S/C15H13ClO5S/c1-10-3-5-12(6-4-10)22(18,19)21-15-13(16)7-11(9-17)8-14(15)20-2/h3-9H,1-2H3. The highest BCUT2D eigenvalue weighted by Gasteiger charge is 2.22. The van der Waals surface area contributed by atoms with Crippen LogP contribution < -0.4 is 8.92 Å². The number of aryl methyl sites for hydroxylation is 1. The summed E-state index contributed by atoms with van der Waals surface area (Å²) in [5, 5.41) is -0.0304. The smallest absolute Gasteiger partial charge is 0.339 e. The second kappa shape index (κ2) is 6.37. The zero-order chi connectivity index (χ0) is 16.3. The topological polar surface area (TPSA) is 69.7 Å². The molecule has 0 radical (unpaired) electrons. The molecule has 0 bridgehead atoms. The molecule has 0 aliphatic carbocycles. The lowest BCUT2D eigenvalue weighted by Crippen LogP contribution is -2.11. The van der Waals surface area contributed by atoms with Crippen molar-refractivity contribution in [3.8, 4) is 11.5 Å². The summed E-state index contributed by atoms with van der Waals surface area (Å²) in [4.78, 5) is 10.8. The molecule has 0 aromatic heterocycles. The van der Waals surface area contributed by atoms with Crippen LogP contribution in [0, 0.1) is 6.92 Å². The first kappa shape index (κ1) is 16.3. The Bertz CT molecular complexity index is 797. The van der Waals surface area contributed by atoms with Gasteiger partial charge in [-0.1, -0.05) is 29.3 Å². The maximum Gasteiger partial charge on any atom is 0.339 e.